The van der Waals surface area contributed by atoms with Gasteiger partial charge in [-0.25, -0.2) is 9.97 Å². The van der Waals surface area contributed by atoms with Gasteiger partial charge in [-0.15, -0.1) is 0 Å². The van der Waals surface area contributed by atoms with Crippen LogP contribution in [0.3, 0.4) is 0 Å². The van der Waals surface area contributed by atoms with Crippen LogP contribution in [0.25, 0.3) is 0 Å². The summed E-state index contributed by atoms with van der Waals surface area (Å²) in [6.45, 7) is 7.43. The Balaban J connectivity index is 2.36. The maximum atomic E-state index is 5.49. The number of halogens is 1. The van der Waals surface area contributed by atoms with Crippen LogP contribution in [0.2, 0.25) is 0 Å². The molecule has 0 spiro atoms. The number of nitrogens with one attached hydrogen (secondary N) is 2. The SMILES string of the molecule is CCCCOCCNc1ncnc(NCCC)c1Br. The molecule has 19 heavy (non-hydrogen) atoms. The predicted molar refractivity (Wildman–Crippen MR) is 82.7 cm³/mol. The normalized spacial score (nSPS) is 10.5. The summed E-state index contributed by atoms with van der Waals surface area (Å²) >= 11 is 3.51. The van der Waals surface area contributed by atoms with Gasteiger partial charge in [-0.3, -0.25) is 0 Å². The number of unbranched alkanes of at least 4 members (excludes halogenated alkanes) is 1. The van der Waals surface area contributed by atoms with Crippen LogP contribution in [0, 0.1) is 0 Å². The zero-order chi connectivity index (χ0) is 13.9. The highest BCUT2D eigenvalue weighted by molar-refractivity contribution is 9.10. The fraction of sp³-hybridized carbons (Fsp3) is 0.692. The van der Waals surface area contributed by atoms with Gasteiger partial charge < -0.3 is 15.4 Å². The van der Waals surface area contributed by atoms with Crippen molar-refractivity contribution in [3.63, 3.8) is 0 Å². The van der Waals surface area contributed by atoms with Crippen molar-refractivity contribution in [3.05, 3.63) is 10.8 Å². The highest BCUT2D eigenvalue weighted by Gasteiger charge is 2.07. The van der Waals surface area contributed by atoms with E-state index in [1.165, 1.54) is 0 Å². The second kappa shape index (κ2) is 9.97. The fourth-order valence-electron chi connectivity index (χ4n) is 1.45. The van der Waals surface area contributed by atoms with E-state index in [9.17, 15) is 0 Å². The van der Waals surface area contributed by atoms with Crippen molar-refractivity contribution in [1.82, 2.24) is 9.97 Å². The largest absolute Gasteiger partial charge is 0.380 e. The number of ether oxygens (including phenoxy) is 1. The number of rotatable bonds is 10. The molecule has 0 atom stereocenters. The lowest BCUT2D eigenvalue weighted by atomic mass is 10.4. The molecule has 1 aromatic rings. The molecular weight excluding hydrogens is 308 g/mol. The van der Waals surface area contributed by atoms with E-state index in [1.807, 2.05) is 0 Å². The zero-order valence-electron chi connectivity index (χ0n) is 11.7. The van der Waals surface area contributed by atoms with Crippen LogP contribution in [-0.4, -0.2) is 36.3 Å². The van der Waals surface area contributed by atoms with Gasteiger partial charge >= 0.3 is 0 Å². The Morgan fingerprint density at radius 1 is 1.05 bits per heavy atom. The van der Waals surface area contributed by atoms with Gasteiger partial charge in [-0.2, -0.15) is 0 Å². The molecule has 0 radical (unpaired) electrons. The second-order valence-corrected chi connectivity index (χ2v) is 5.00. The molecule has 1 aromatic heterocycles. The van der Waals surface area contributed by atoms with Crippen LogP contribution in [0.1, 0.15) is 33.1 Å². The molecule has 0 aliphatic heterocycles. The van der Waals surface area contributed by atoms with Gasteiger partial charge in [0.2, 0.25) is 0 Å². The highest BCUT2D eigenvalue weighted by atomic mass is 79.9. The number of nitrogens with zero attached hydrogens (tertiary/aromatic N) is 2. The molecule has 1 heterocycles. The fourth-order valence-corrected chi connectivity index (χ4v) is 1.93. The minimum Gasteiger partial charge on any atom is -0.380 e. The third-order valence-electron chi connectivity index (χ3n) is 2.51. The minimum absolute atomic E-state index is 0.689. The molecule has 0 fully saturated rings. The van der Waals surface area contributed by atoms with Crippen LogP contribution in [0.5, 0.6) is 0 Å². The van der Waals surface area contributed by atoms with E-state index in [-0.39, 0.29) is 0 Å². The lowest BCUT2D eigenvalue weighted by molar-refractivity contribution is 0.141. The van der Waals surface area contributed by atoms with Gasteiger partial charge in [0.25, 0.3) is 0 Å². The summed E-state index contributed by atoms with van der Waals surface area (Å²) in [5, 5.41) is 6.50. The molecule has 0 unspecified atom stereocenters. The Hall–Kier alpha value is -0.880. The molecule has 0 bridgehead atoms. The first-order valence-electron chi connectivity index (χ1n) is 6.85. The highest BCUT2D eigenvalue weighted by Crippen LogP contribution is 2.26. The van der Waals surface area contributed by atoms with Crippen molar-refractivity contribution in [2.24, 2.45) is 0 Å². The summed E-state index contributed by atoms with van der Waals surface area (Å²) in [7, 11) is 0. The lowest BCUT2D eigenvalue weighted by Crippen LogP contribution is -2.12. The van der Waals surface area contributed by atoms with E-state index in [0.29, 0.717) is 6.61 Å². The van der Waals surface area contributed by atoms with Gasteiger partial charge in [-0.1, -0.05) is 20.3 Å². The molecule has 2 N–H and O–H groups in total. The van der Waals surface area contributed by atoms with E-state index < -0.39 is 0 Å². The standard InChI is InChI=1S/C13H23BrN4O/c1-3-5-8-19-9-7-16-13-11(14)12(15-6-4-2)17-10-18-13/h10H,3-9H2,1-2H3,(H2,15,16,17,18). The summed E-state index contributed by atoms with van der Waals surface area (Å²) in [4.78, 5) is 8.42. The monoisotopic (exact) mass is 330 g/mol. The zero-order valence-corrected chi connectivity index (χ0v) is 13.3. The van der Waals surface area contributed by atoms with Gasteiger partial charge in [0, 0.05) is 19.7 Å². The van der Waals surface area contributed by atoms with E-state index in [1.54, 1.807) is 6.33 Å². The van der Waals surface area contributed by atoms with Crippen LogP contribution < -0.4 is 10.6 Å². The predicted octanol–water partition coefficient (Wildman–Crippen LogP) is 3.29. The third kappa shape index (κ3) is 6.20. The van der Waals surface area contributed by atoms with Crippen molar-refractivity contribution >= 4 is 27.6 Å². The average molecular weight is 331 g/mol. The Labute approximate surface area is 123 Å². The maximum Gasteiger partial charge on any atom is 0.146 e. The first-order valence-corrected chi connectivity index (χ1v) is 7.64. The van der Waals surface area contributed by atoms with Gasteiger partial charge in [0.1, 0.15) is 22.4 Å². The summed E-state index contributed by atoms with van der Waals surface area (Å²) in [5.41, 5.74) is 0. The number of anilines is 2. The van der Waals surface area contributed by atoms with Gasteiger partial charge in [-0.05, 0) is 28.8 Å². The van der Waals surface area contributed by atoms with Crippen molar-refractivity contribution < 1.29 is 4.74 Å². The second-order valence-electron chi connectivity index (χ2n) is 4.20. The third-order valence-corrected chi connectivity index (χ3v) is 3.26. The summed E-state index contributed by atoms with van der Waals surface area (Å²) in [6, 6.07) is 0. The quantitative estimate of drug-likeness (QED) is 0.644. The van der Waals surface area contributed by atoms with Gasteiger partial charge in [0.05, 0.1) is 6.61 Å². The van der Waals surface area contributed by atoms with E-state index in [2.05, 4.69) is 50.4 Å². The number of aromatic nitrogens is 2. The van der Waals surface area contributed by atoms with Crippen LogP contribution >= 0.6 is 15.9 Å². The Kier molecular flexibility index (Phi) is 8.49. The summed E-state index contributed by atoms with van der Waals surface area (Å²) in [6.07, 6.45) is 4.90. The van der Waals surface area contributed by atoms with Crippen LogP contribution in [0.15, 0.2) is 10.8 Å². The Bertz CT molecular complexity index is 362. The first-order chi connectivity index (χ1) is 9.29. The van der Waals surface area contributed by atoms with Gasteiger partial charge in [0.15, 0.2) is 0 Å². The average Bonchev–Trinajstić information content (AvgIpc) is 2.43. The Morgan fingerprint density at radius 2 is 1.74 bits per heavy atom. The summed E-state index contributed by atoms with van der Waals surface area (Å²) < 4.78 is 6.37. The van der Waals surface area contributed by atoms with Crippen molar-refractivity contribution in [3.8, 4) is 0 Å². The smallest absolute Gasteiger partial charge is 0.146 e. The number of hydrogen-bond donors (Lipinski definition) is 2. The van der Waals surface area contributed by atoms with E-state index in [0.717, 1.165) is 55.1 Å². The molecule has 0 aliphatic carbocycles. The topological polar surface area (TPSA) is 59.1 Å². The molecule has 5 nitrogen and oxygen atoms in total. The molecule has 0 aliphatic rings. The maximum absolute atomic E-state index is 5.49. The lowest BCUT2D eigenvalue weighted by Gasteiger charge is -2.11. The summed E-state index contributed by atoms with van der Waals surface area (Å²) in [5.74, 6) is 1.62. The molecule has 0 amide bonds. The van der Waals surface area contributed by atoms with E-state index in [4.69, 9.17) is 4.74 Å². The molecule has 0 saturated heterocycles. The van der Waals surface area contributed by atoms with Crippen molar-refractivity contribution in [2.45, 2.75) is 33.1 Å². The minimum atomic E-state index is 0.689. The van der Waals surface area contributed by atoms with Crippen molar-refractivity contribution in [2.75, 3.05) is 36.9 Å². The molecule has 0 saturated carbocycles. The van der Waals surface area contributed by atoms with E-state index >= 15 is 0 Å². The Morgan fingerprint density at radius 3 is 2.37 bits per heavy atom. The first kappa shape index (κ1) is 16.2. The number of hydrogen-bond acceptors (Lipinski definition) is 5. The van der Waals surface area contributed by atoms with Crippen molar-refractivity contribution in [1.29, 1.82) is 0 Å². The van der Waals surface area contributed by atoms with Crippen LogP contribution in [-0.2, 0) is 4.74 Å². The molecule has 1 rings (SSSR count). The molecule has 108 valence electrons. The molecular formula is C13H23BrN4O. The molecule has 6 heteroatoms. The van der Waals surface area contributed by atoms with Crippen LogP contribution in [0.4, 0.5) is 11.6 Å². The molecule has 0 aromatic carbocycles.